The van der Waals surface area contributed by atoms with Crippen LogP contribution in [0.15, 0.2) is 231 Å². The first-order valence-corrected chi connectivity index (χ1v) is 22.1. The summed E-state index contributed by atoms with van der Waals surface area (Å²) >= 11 is 0. The molecule has 0 fully saturated rings. The van der Waals surface area contributed by atoms with Crippen LogP contribution in [0.25, 0.3) is 99.5 Å². The highest BCUT2D eigenvalue weighted by Gasteiger charge is 2.46. The second-order valence-corrected chi connectivity index (χ2v) is 17.0. The molecule has 0 atom stereocenters. The first-order valence-electron chi connectivity index (χ1n) is 22.1. The van der Waals surface area contributed by atoms with Gasteiger partial charge in [0.1, 0.15) is 0 Å². The van der Waals surface area contributed by atoms with Crippen LogP contribution < -0.4 is 0 Å². The molecule has 0 bridgehead atoms. The summed E-state index contributed by atoms with van der Waals surface area (Å²) in [6, 6.07) is 78.9. The standard InChI is InChI=1S/C61H38N4/c1-3-14-53-51(12-1)52-13-2-4-15-54(52)61(53,49-32-28-40(29-33-49)39-16-20-42(21-17-39)55-34-30-46-26-24-44-9-6-36-62-57(44)59(46)64-55)50-11-5-8-48(38-50)41-18-22-43(23-19-41)56-35-31-47-27-25-45-10-7-37-63-58(45)60(47)65-56/h1-38H. The monoisotopic (exact) mass is 826 g/mol. The van der Waals surface area contributed by atoms with E-state index in [4.69, 9.17) is 9.97 Å². The van der Waals surface area contributed by atoms with E-state index in [-0.39, 0.29) is 0 Å². The highest BCUT2D eigenvalue weighted by Crippen LogP contribution is 2.56. The zero-order valence-electron chi connectivity index (χ0n) is 35.2. The molecule has 0 spiro atoms. The summed E-state index contributed by atoms with van der Waals surface area (Å²) < 4.78 is 0. The highest BCUT2D eigenvalue weighted by molar-refractivity contribution is 6.04. The van der Waals surface area contributed by atoms with Crippen molar-refractivity contribution in [3.8, 4) is 55.9 Å². The lowest BCUT2D eigenvalue weighted by molar-refractivity contribution is 0.769. The average molecular weight is 827 g/mol. The number of aromatic nitrogens is 4. The molecule has 13 rings (SSSR count). The van der Waals surface area contributed by atoms with Crippen LogP contribution in [0.3, 0.4) is 0 Å². The minimum Gasteiger partial charge on any atom is -0.254 e. The molecular weight excluding hydrogens is 789 g/mol. The Bertz CT molecular complexity index is 3770. The molecule has 0 amide bonds. The zero-order valence-corrected chi connectivity index (χ0v) is 35.2. The van der Waals surface area contributed by atoms with Crippen LogP contribution in [-0.4, -0.2) is 19.9 Å². The lowest BCUT2D eigenvalue weighted by atomic mass is 9.67. The Labute approximate surface area is 376 Å². The van der Waals surface area contributed by atoms with Gasteiger partial charge in [-0.05, 0) is 86.0 Å². The van der Waals surface area contributed by atoms with Crippen molar-refractivity contribution in [1.29, 1.82) is 0 Å². The summed E-state index contributed by atoms with van der Waals surface area (Å²) in [5.74, 6) is 0. The number of hydrogen-bond donors (Lipinski definition) is 0. The molecule has 0 radical (unpaired) electrons. The van der Waals surface area contributed by atoms with Crippen molar-refractivity contribution < 1.29 is 0 Å². The Balaban J connectivity index is 0.869. The Kier molecular flexibility index (Phi) is 8.40. The number of hydrogen-bond acceptors (Lipinski definition) is 4. The second-order valence-electron chi connectivity index (χ2n) is 17.0. The number of fused-ring (bicyclic) bond motifs is 9. The minimum absolute atomic E-state index is 0.530. The normalized spacial score (nSPS) is 12.7. The second kappa shape index (κ2) is 14.8. The third-order valence-corrected chi connectivity index (χ3v) is 13.5. The van der Waals surface area contributed by atoms with Gasteiger partial charge in [0.2, 0.25) is 0 Å². The van der Waals surface area contributed by atoms with E-state index >= 15 is 0 Å². The number of pyridine rings is 4. The van der Waals surface area contributed by atoms with Crippen molar-refractivity contribution >= 4 is 43.6 Å². The Morgan fingerprint density at radius 3 is 1.23 bits per heavy atom. The molecule has 4 nitrogen and oxygen atoms in total. The first-order chi connectivity index (χ1) is 32.2. The lowest BCUT2D eigenvalue weighted by Gasteiger charge is -2.34. The summed E-state index contributed by atoms with van der Waals surface area (Å²) in [6.45, 7) is 0. The molecule has 0 saturated carbocycles. The Morgan fingerprint density at radius 2 is 0.708 bits per heavy atom. The maximum atomic E-state index is 5.12. The maximum Gasteiger partial charge on any atom is 0.0972 e. The van der Waals surface area contributed by atoms with Crippen molar-refractivity contribution in [1.82, 2.24) is 19.9 Å². The number of rotatable bonds is 6. The van der Waals surface area contributed by atoms with E-state index in [2.05, 4.69) is 216 Å². The van der Waals surface area contributed by atoms with Crippen molar-refractivity contribution in [2.75, 3.05) is 0 Å². The fraction of sp³-hybridized carbons (Fsp3) is 0.0164. The molecule has 1 aliphatic carbocycles. The highest BCUT2D eigenvalue weighted by atomic mass is 14.8. The summed E-state index contributed by atoms with van der Waals surface area (Å²) in [5, 5.41) is 4.36. The predicted octanol–water partition coefficient (Wildman–Crippen LogP) is 14.9. The van der Waals surface area contributed by atoms with Gasteiger partial charge < -0.3 is 0 Å². The maximum absolute atomic E-state index is 5.12. The third kappa shape index (κ3) is 5.92. The predicted molar refractivity (Wildman–Crippen MR) is 267 cm³/mol. The van der Waals surface area contributed by atoms with Gasteiger partial charge in [0.05, 0.1) is 38.9 Å². The summed E-state index contributed by atoms with van der Waals surface area (Å²) in [6.07, 6.45) is 3.68. The van der Waals surface area contributed by atoms with E-state index in [1.54, 1.807) is 0 Å². The van der Waals surface area contributed by atoms with E-state index in [1.165, 1.54) is 38.9 Å². The van der Waals surface area contributed by atoms with Gasteiger partial charge >= 0.3 is 0 Å². The molecule has 0 N–H and O–H groups in total. The third-order valence-electron chi connectivity index (χ3n) is 13.5. The SMILES string of the molecule is c1cc(-c2ccc(-c3ccc4ccc5cccnc5c4n3)cc2)cc(C2(c3ccc(-c4ccc(-c5ccc6ccc7cccnc7c6n5)cc4)cc3)c3ccccc3-c3ccccc32)c1. The van der Waals surface area contributed by atoms with Gasteiger partial charge in [-0.15, -0.1) is 0 Å². The molecule has 4 heterocycles. The van der Waals surface area contributed by atoms with Crippen molar-refractivity contribution in [3.05, 3.63) is 253 Å². The van der Waals surface area contributed by atoms with Crippen LogP contribution in [-0.2, 0) is 5.41 Å². The van der Waals surface area contributed by atoms with Gasteiger partial charge in [-0.25, -0.2) is 9.97 Å². The Hall–Kier alpha value is -8.60. The molecule has 0 unspecified atom stereocenters. The smallest absolute Gasteiger partial charge is 0.0972 e. The van der Waals surface area contributed by atoms with Crippen molar-refractivity contribution in [3.63, 3.8) is 0 Å². The van der Waals surface area contributed by atoms with Crippen LogP contribution in [0.1, 0.15) is 22.3 Å². The summed E-state index contributed by atoms with van der Waals surface area (Å²) in [7, 11) is 0. The number of nitrogens with zero attached hydrogens (tertiary/aromatic N) is 4. The van der Waals surface area contributed by atoms with Gasteiger partial charge in [0.25, 0.3) is 0 Å². The van der Waals surface area contributed by atoms with Crippen molar-refractivity contribution in [2.24, 2.45) is 0 Å². The van der Waals surface area contributed by atoms with Crippen LogP contribution in [0.5, 0.6) is 0 Å². The largest absolute Gasteiger partial charge is 0.254 e. The average Bonchev–Trinajstić information content (AvgIpc) is 3.69. The van der Waals surface area contributed by atoms with Crippen molar-refractivity contribution in [2.45, 2.75) is 5.41 Å². The van der Waals surface area contributed by atoms with E-state index in [0.717, 1.165) is 82.8 Å². The fourth-order valence-corrected chi connectivity index (χ4v) is 10.3. The summed E-state index contributed by atoms with van der Waals surface area (Å²) in [5.41, 5.74) is 19.4. The molecule has 4 heteroatoms. The van der Waals surface area contributed by atoms with E-state index in [1.807, 2.05) is 24.5 Å². The van der Waals surface area contributed by atoms with Crippen LogP contribution in [0.2, 0.25) is 0 Å². The summed E-state index contributed by atoms with van der Waals surface area (Å²) in [4.78, 5) is 19.6. The molecule has 0 saturated heterocycles. The van der Waals surface area contributed by atoms with Gasteiger partial charge in [-0.1, -0.05) is 188 Å². The number of benzene rings is 8. The van der Waals surface area contributed by atoms with Crippen LogP contribution >= 0.6 is 0 Å². The lowest BCUT2D eigenvalue weighted by Crippen LogP contribution is -2.28. The quantitative estimate of drug-likeness (QED) is 0.157. The minimum atomic E-state index is -0.530. The molecular formula is C61H38N4. The topological polar surface area (TPSA) is 51.6 Å². The molecule has 65 heavy (non-hydrogen) atoms. The van der Waals surface area contributed by atoms with Gasteiger partial charge in [0, 0.05) is 45.1 Å². The van der Waals surface area contributed by atoms with E-state index in [9.17, 15) is 0 Å². The molecule has 4 aromatic heterocycles. The molecule has 302 valence electrons. The molecule has 1 aliphatic rings. The fourth-order valence-electron chi connectivity index (χ4n) is 10.3. The molecule has 0 aliphatic heterocycles. The molecule has 8 aromatic carbocycles. The van der Waals surface area contributed by atoms with Crippen LogP contribution in [0, 0.1) is 0 Å². The zero-order chi connectivity index (χ0) is 42.9. The van der Waals surface area contributed by atoms with Gasteiger partial charge in [-0.2, -0.15) is 0 Å². The van der Waals surface area contributed by atoms with Gasteiger partial charge in [0.15, 0.2) is 0 Å². The van der Waals surface area contributed by atoms with Gasteiger partial charge in [-0.3, -0.25) is 9.97 Å². The van der Waals surface area contributed by atoms with E-state index in [0.29, 0.717) is 0 Å². The Morgan fingerprint density at radius 1 is 0.277 bits per heavy atom. The molecule has 12 aromatic rings. The van der Waals surface area contributed by atoms with E-state index < -0.39 is 5.41 Å². The first kappa shape index (κ1) is 37.0. The van der Waals surface area contributed by atoms with Crippen LogP contribution in [0.4, 0.5) is 0 Å².